The monoisotopic (exact) mass is 271 g/mol. The number of rotatable bonds is 8. The number of aliphatic hydroxyl groups is 1. The molecule has 3 N–H and O–H groups in total. The van der Waals surface area contributed by atoms with E-state index in [-0.39, 0.29) is 24.1 Å². The van der Waals surface area contributed by atoms with Crippen molar-refractivity contribution in [1.29, 1.82) is 0 Å². The van der Waals surface area contributed by atoms with E-state index in [1.807, 2.05) is 0 Å². The molecule has 0 saturated heterocycles. The molecule has 9 heteroatoms. The van der Waals surface area contributed by atoms with Crippen LogP contribution in [0.4, 0.5) is 17.5 Å². The lowest BCUT2D eigenvalue weighted by atomic mass is 10.2. The zero-order chi connectivity index (χ0) is 14.3. The largest absolute Gasteiger partial charge is 0.391 e. The Labute approximate surface area is 110 Å². The van der Waals surface area contributed by atoms with Gasteiger partial charge in [0.2, 0.25) is 11.8 Å². The summed E-state index contributed by atoms with van der Waals surface area (Å²) >= 11 is 0. The first-order valence-electron chi connectivity index (χ1n) is 5.68. The first kappa shape index (κ1) is 15.1. The number of aromatic nitrogens is 2. The molecule has 0 saturated carbocycles. The maximum atomic E-state index is 10.8. The number of nitrogens with zero attached hydrogens (tertiary/aromatic N) is 3. The predicted octanol–water partition coefficient (Wildman–Crippen LogP) is 0.236. The molecule has 106 valence electrons. The summed E-state index contributed by atoms with van der Waals surface area (Å²) in [5.41, 5.74) is -0.208. The average molecular weight is 271 g/mol. The second-order valence-corrected chi connectivity index (χ2v) is 3.76. The number of methoxy groups -OCH3 is 1. The quantitative estimate of drug-likeness (QED) is 0.454. The van der Waals surface area contributed by atoms with Gasteiger partial charge in [-0.1, -0.05) is 0 Å². The average Bonchev–Trinajstić information content (AvgIpc) is 2.38. The third kappa shape index (κ3) is 4.64. The van der Waals surface area contributed by atoms with E-state index in [1.165, 1.54) is 7.11 Å². The molecule has 0 aliphatic carbocycles. The van der Waals surface area contributed by atoms with Crippen LogP contribution < -0.4 is 10.6 Å². The maximum absolute atomic E-state index is 10.8. The molecule has 0 radical (unpaired) electrons. The van der Waals surface area contributed by atoms with Gasteiger partial charge in [-0.25, -0.2) is 4.98 Å². The van der Waals surface area contributed by atoms with Crippen molar-refractivity contribution in [2.24, 2.45) is 0 Å². The molecule has 0 fully saturated rings. The zero-order valence-electron chi connectivity index (χ0n) is 10.8. The van der Waals surface area contributed by atoms with Crippen molar-refractivity contribution in [3.8, 4) is 0 Å². The van der Waals surface area contributed by atoms with Crippen LogP contribution in [0.5, 0.6) is 0 Å². The number of nitrogens with one attached hydrogen (secondary N) is 2. The van der Waals surface area contributed by atoms with Crippen LogP contribution in [0.3, 0.4) is 0 Å². The normalized spacial score (nSPS) is 11.9. The lowest BCUT2D eigenvalue weighted by Crippen LogP contribution is -2.19. The molecular formula is C10H17N5O4. The van der Waals surface area contributed by atoms with E-state index >= 15 is 0 Å². The number of ether oxygens (including phenoxy) is 1. The fourth-order valence-electron chi connectivity index (χ4n) is 1.39. The molecule has 1 aromatic heterocycles. The Bertz CT molecular complexity index is 428. The minimum Gasteiger partial charge on any atom is -0.391 e. The number of hydrogen-bond acceptors (Lipinski definition) is 8. The topological polar surface area (TPSA) is 122 Å². The summed E-state index contributed by atoms with van der Waals surface area (Å²) in [6.07, 6.45) is 0.901. The molecule has 0 aliphatic rings. The van der Waals surface area contributed by atoms with Crippen molar-refractivity contribution in [2.45, 2.75) is 12.5 Å². The van der Waals surface area contributed by atoms with Gasteiger partial charge in [-0.15, -0.1) is 0 Å². The summed E-state index contributed by atoms with van der Waals surface area (Å²) in [7, 11) is 3.11. The van der Waals surface area contributed by atoms with E-state index in [0.717, 1.165) is 6.20 Å². The SMILES string of the molecule is CNc1ncc([N+](=O)[O-])c(NCCC(O)COC)n1. The zero-order valence-corrected chi connectivity index (χ0v) is 10.8. The summed E-state index contributed by atoms with van der Waals surface area (Å²) in [6.45, 7) is 0.556. The molecule has 0 spiro atoms. The molecule has 1 aromatic rings. The van der Waals surface area contributed by atoms with Gasteiger partial charge in [-0.3, -0.25) is 10.1 Å². The van der Waals surface area contributed by atoms with Crippen LogP contribution in [0, 0.1) is 10.1 Å². The van der Waals surface area contributed by atoms with Crippen LogP contribution in [0.15, 0.2) is 6.20 Å². The summed E-state index contributed by atoms with van der Waals surface area (Å²) in [5, 5.41) is 25.8. The van der Waals surface area contributed by atoms with Gasteiger partial charge in [-0.2, -0.15) is 4.98 Å². The first-order chi connectivity index (χ1) is 9.08. The van der Waals surface area contributed by atoms with Crippen LogP contribution in [0.2, 0.25) is 0 Å². The van der Waals surface area contributed by atoms with Gasteiger partial charge in [0, 0.05) is 20.7 Å². The molecule has 1 heterocycles. The summed E-state index contributed by atoms with van der Waals surface area (Å²) in [5.74, 6) is 0.402. The van der Waals surface area contributed by atoms with Gasteiger partial charge in [-0.05, 0) is 6.42 Å². The van der Waals surface area contributed by atoms with Crippen LogP contribution in [0.1, 0.15) is 6.42 Å². The molecule has 9 nitrogen and oxygen atoms in total. The van der Waals surface area contributed by atoms with Crippen molar-refractivity contribution in [2.75, 3.05) is 37.9 Å². The predicted molar refractivity (Wildman–Crippen MR) is 69.2 cm³/mol. The standard InChI is InChI=1S/C10H17N5O4/c1-11-10-13-5-8(15(17)18)9(14-10)12-4-3-7(16)6-19-2/h5,7,16H,3-4,6H2,1-2H3,(H2,11,12,13,14). The molecule has 0 aliphatic heterocycles. The van der Waals surface area contributed by atoms with Crippen molar-refractivity contribution in [1.82, 2.24) is 9.97 Å². The van der Waals surface area contributed by atoms with Crippen molar-refractivity contribution < 1.29 is 14.8 Å². The lowest BCUT2D eigenvalue weighted by Gasteiger charge is -2.11. The Kier molecular flexibility index (Phi) is 5.90. The summed E-state index contributed by atoms with van der Waals surface area (Å²) in [6, 6.07) is 0. The van der Waals surface area contributed by atoms with Crippen LogP contribution in [0.25, 0.3) is 0 Å². The van der Waals surface area contributed by atoms with E-state index < -0.39 is 11.0 Å². The Hall–Kier alpha value is -2.00. The minimum atomic E-state index is -0.623. The molecule has 0 aromatic carbocycles. The van der Waals surface area contributed by atoms with Crippen molar-refractivity contribution >= 4 is 17.5 Å². The highest BCUT2D eigenvalue weighted by Crippen LogP contribution is 2.21. The summed E-state index contributed by atoms with van der Waals surface area (Å²) < 4.78 is 4.78. The minimum absolute atomic E-state index is 0.119. The molecule has 19 heavy (non-hydrogen) atoms. The van der Waals surface area contributed by atoms with Crippen molar-refractivity contribution in [3.05, 3.63) is 16.3 Å². The van der Waals surface area contributed by atoms with Crippen LogP contribution >= 0.6 is 0 Å². The van der Waals surface area contributed by atoms with Crippen LogP contribution in [-0.2, 0) is 4.74 Å². The highest BCUT2D eigenvalue weighted by atomic mass is 16.6. The Morgan fingerprint density at radius 3 is 2.95 bits per heavy atom. The van der Waals surface area contributed by atoms with E-state index in [9.17, 15) is 15.2 Å². The van der Waals surface area contributed by atoms with Crippen molar-refractivity contribution in [3.63, 3.8) is 0 Å². The Morgan fingerprint density at radius 1 is 1.63 bits per heavy atom. The van der Waals surface area contributed by atoms with Gasteiger partial charge in [0.15, 0.2) is 0 Å². The van der Waals surface area contributed by atoms with Gasteiger partial charge in [0.05, 0.1) is 17.6 Å². The lowest BCUT2D eigenvalue weighted by molar-refractivity contribution is -0.384. The molecule has 1 atom stereocenters. The first-order valence-corrected chi connectivity index (χ1v) is 5.68. The van der Waals surface area contributed by atoms with E-state index in [0.29, 0.717) is 13.0 Å². The van der Waals surface area contributed by atoms with E-state index in [2.05, 4.69) is 20.6 Å². The number of hydrogen-bond donors (Lipinski definition) is 3. The third-order valence-electron chi connectivity index (χ3n) is 2.32. The third-order valence-corrected chi connectivity index (χ3v) is 2.32. The van der Waals surface area contributed by atoms with Crippen LogP contribution in [-0.4, -0.2) is 53.4 Å². The molecule has 0 amide bonds. The second kappa shape index (κ2) is 7.44. The molecular weight excluding hydrogens is 254 g/mol. The van der Waals surface area contributed by atoms with Gasteiger partial charge >= 0.3 is 5.69 Å². The fourth-order valence-corrected chi connectivity index (χ4v) is 1.39. The molecule has 1 rings (SSSR count). The smallest absolute Gasteiger partial charge is 0.329 e. The van der Waals surface area contributed by atoms with E-state index in [1.54, 1.807) is 7.05 Å². The highest BCUT2D eigenvalue weighted by molar-refractivity contribution is 5.56. The highest BCUT2D eigenvalue weighted by Gasteiger charge is 2.17. The van der Waals surface area contributed by atoms with E-state index in [4.69, 9.17) is 4.74 Å². The Balaban J connectivity index is 2.67. The van der Waals surface area contributed by atoms with Gasteiger partial charge < -0.3 is 20.5 Å². The molecule has 0 bridgehead atoms. The number of nitro groups is 1. The number of aliphatic hydroxyl groups excluding tert-OH is 1. The van der Waals surface area contributed by atoms with Gasteiger partial charge in [0.1, 0.15) is 6.20 Å². The maximum Gasteiger partial charge on any atom is 0.329 e. The number of anilines is 2. The fraction of sp³-hybridized carbons (Fsp3) is 0.600. The van der Waals surface area contributed by atoms with Gasteiger partial charge in [0.25, 0.3) is 0 Å². The molecule has 1 unspecified atom stereocenters. The Morgan fingerprint density at radius 2 is 2.37 bits per heavy atom. The second-order valence-electron chi connectivity index (χ2n) is 3.76. The summed E-state index contributed by atoms with van der Waals surface area (Å²) in [4.78, 5) is 18.0.